The number of hydrogen-bond donors (Lipinski definition) is 3. The van der Waals surface area contributed by atoms with Gasteiger partial charge in [-0.3, -0.25) is 4.79 Å². The number of nitrogens with one attached hydrogen (secondary N) is 1. The first kappa shape index (κ1) is 12.7. The summed E-state index contributed by atoms with van der Waals surface area (Å²) in [5.74, 6) is -0.123. The number of carbonyl (C=O) groups is 1. The van der Waals surface area contributed by atoms with E-state index in [1.165, 1.54) is 0 Å². The van der Waals surface area contributed by atoms with Crippen molar-refractivity contribution in [3.63, 3.8) is 0 Å². The SMILES string of the molecule is CC(C)(N)CC(=O)Nc1cccc(CO)c1. The van der Waals surface area contributed by atoms with E-state index in [2.05, 4.69) is 5.32 Å². The number of anilines is 1. The fourth-order valence-corrected chi connectivity index (χ4v) is 1.37. The van der Waals surface area contributed by atoms with Crippen molar-refractivity contribution in [2.75, 3.05) is 5.32 Å². The molecule has 4 N–H and O–H groups in total. The molecule has 1 aromatic rings. The summed E-state index contributed by atoms with van der Waals surface area (Å²) in [6.45, 7) is 3.57. The van der Waals surface area contributed by atoms with Crippen LogP contribution >= 0.6 is 0 Å². The lowest BCUT2D eigenvalue weighted by atomic mass is 10.0. The largest absolute Gasteiger partial charge is 0.392 e. The fraction of sp³-hybridized carbons (Fsp3) is 0.417. The standard InChI is InChI=1S/C12H18N2O2/c1-12(2,13)7-11(16)14-10-5-3-4-9(6-10)8-15/h3-6,15H,7-8,13H2,1-2H3,(H,14,16). The second-order valence-corrected chi connectivity index (χ2v) is 4.57. The maximum absolute atomic E-state index is 11.6. The van der Waals surface area contributed by atoms with Crippen molar-refractivity contribution in [3.8, 4) is 0 Å². The number of nitrogens with two attached hydrogens (primary N) is 1. The third-order valence-corrected chi connectivity index (χ3v) is 2.01. The molecule has 0 heterocycles. The first-order valence-corrected chi connectivity index (χ1v) is 5.19. The molecule has 0 bridgehead atoms. The molecule has 1 rings (SSSR count). The summed E-state index contributed by atoms with van der Waals surface area (Å²) in [6, 6.07) is 7.10. The summed E-state index contributed by atoms with van der Waals surface area (Å²) in [5, 5.41) is 11.7. The number of rotatable bonds is 4. The van der Waals surface area contributed by atoms with Crippen molar-refractivity contribution in [1.82, 2.24) is 0 Å². The Morgan fingerprint density at radius 1 is 1.50 bits per heavy atom. The van der Waals surface area contributed by atoms with Gasteiger partial charge in [-0.25, -0.2) is 0 Å². The molecule has 0 aliphatic carbocycles. The molecule has 1 aromatic carbocycles. The Balaban J connectivity index is 2.62. The first-order valence-electron chi connectivity index (χ1n) is 5.19. The molecule has 16 heavy (non-hydrogen) atoms. The van der Waals surface area contributed by atoms with Gasteiger partial charge in [0.15, 0.2) is 0 Å². The summed E-state index contributed by atoms with van der Waals surface area (Å²) >= 11 is 0. The fourth-order valence-electron chi connectivity index (χ4n) is 1.37. The van der Waals surface area contributed by atoms with E-state index < -0.39 is 5.54 Å². The van der Waals surface area contributed by atoms with Crippen molar-refractivity contribution in [3.05, 3.63) is 29.8 Å². The van der Waals surface area contributed by atoms with Crippen molar-refractivity contribution in [2.24, 2.45) is 5.73 Å². The molecule has 0 aliphatic heterocycles. The third-order valence-electron chi connectivity index (χ3n) is 2.01. The van der Waals surface area contributed by atoms with Gasteiger partial charge in [-0.15, -0.1) is 0 Å². The second-order valence-electron chi connectivity index (χ2n) is 4.57. The molecule has 0 radical (unpaired) electrons. The Hall–Kier alpha value is -1.39. The molecule has 0 unspecified atom stereocenters. The first-order chi connectivity index (χ1) is 7.40. The van der Waals surface area contributed by atoms with Gasteiger partial charge in [0, 0.05) is 17.6 Å². The quantitative estimate of drug-likeness (QED) is 0.717. The predicted molar refractivity (Wildman–Crippen MR) is 63.9 cm³/mol. The molecule has 0 fully saturated rings. The van der Waals surface area contributed by atoms with Crippen LogP contribution in [-0.2, 0) is 11.4 Å². The van der Waals surface area contributed by atoms with E-state index in [1.807, 2.05) is 0 Å². The van der Waals surface area contributed by atoms with Crippen LogP contribution in [0.3, 0.4) is 0 Å². The summed E-state index contributed by atoms with van der Waals surface area (Å²) < 4.78 is 0. The smallest absolute Gasteiger partial charge is 0.226 e. The molecule has 4 heteroatoms. The Kier molecular flexibility index (Phi) is 4.04. The zero-order valence-corrected chi connectivity index (χ0v) is 9.66. The maximum Gasteiger partial charge on any atom is 0.226 e. The van der Waals surface area contributed by atoms with Gasteiger partial charge in [0.05, 0.1) is 6.61 Å². The van der Waals surface area contributed by atoms with Crippen LogP contribution in [0, 0.1) is 0 Å². The van der Waals surface area contributed by atoms with E-state index >= 15 is 0 Å². The minimum atomic E-state index is -0.515. The molecule has 88 valence electrons. The average Bonchev–Trinajstić information content (AvgIpc) is 2.15. The molecule has 0 aliphatic rings. The molecular formula is C12H18N2O2. The van der Waals surface area contributed by atoms with Crippen LogP contribution in [0.25, 0.3) is 0 Å². The molecule has 0 aromatic heterocycles. The van der Waals surface area contributed by atoms with Gasteiger partial charge in [0.1, 0.15) is 0 Å². The molecule has 0 spiro atoms. The number of aliphatic hydroxyl groups excluding tert-OH is 1. The minimum absolute atomic E-state index is 0.0356. The highest BCUT2D eigenvalue weighted by Gasteiger charge is 2.16. The number of aliphatic hydroxyl groups is 1. The summed E-state index contributed by atoms with van der Waals surface area (Å²) in [5.41, 5.74) is 6.68. The molecule has 1 amide bonds. The zero-order chi connectivity index (χ0) is 12.2. The molecular weight excluding hydrogens is 204 g/mol. The number of carbonyl (C=O) groups excluding carboxylic acids is 1. The van der Waals surface area contributed by atoms with E-state index in [4.69, 9.17) is 10.8 Å². The van der Waals surface area contributed by atoms with Gasteiger partial charge < -0.3 is 16.2 Å². The van der Waals surface area contributed by atoms with Crippen LogP contribution in [0.4, 0.5) is 5.69 Å². The Bertz CT molecular complexity index is 370. The van der Waals surface area contributed by atoms with Crippen molar-refractivity contribution < 1.29 is 9.90 Å². The second kappa shape index (κ2) is 5.09. The zero-order valence-electron chi connectivity index (χ0n) is 9.66. The number of amides is 1. The average molecular weight is 222 g/mol. The minimum Gasteiger partial charge on any atom is -0.392 e. The Labute approximate surface area is 95.5 Å². The van der Waals surface area contributed by atoms with Crippen LogP contribution in [-0.4, -0.2) is 16.6 Å². The predicted octanol–water partition coefficient (Wildman–Crippen LogP) is 1.24. The monoisotopic (exact) mass is 222 g/mol. The van der Waals surface area contributed by atoms with Crippen molar-refractivity contribution in [2.45, 2.75) is 32.4 Å². The maximum atomic E-state index is 11.6. The van der Waals surface area contributed by atoms with Crippen LogP contribution in [0.5, 0.6) is 0 Å². The van der Waals surface area contributed by atoms with E-state index in [0.29, 0.717) is 5.69 Å². The molecule has 0 saturated carbocycles. The molecule has 0 atom stereocenters. The van der Waals surface area contributed by atoms with Gasteiger partial charge in [-0.05, 0) is 31.5 Å². The van der Waals surface area contributed by atoms with Crippen LogP contribution in [0.1, 0.15) is 25.8 Å². The number of hydrogen-bond acceptors (Lipinski definition) is 3. The van der Waals surface area contributed by atoms with Crippen LogP contribution < -0.4 is 11.1 Å². The van der Waals surface area contributed by atoms with Gasteiger partial charge in [0.2, 0.25) is 5.91 Å². The van der Waals surface area contributed by atoms with Crippen molar-refractivity contribution >= 4 is 11.6 Å². The lowest BCUT2D eigenvalue weighted by Crippen LogP contribution is -2.36. The van der Waals surface area contributed by atoms with Crippen LogP contribution in [0.2, 0.25) is 0 Å². The van der Waals surface area contributed by atoms with Gasteiger partial charge in [0.25, 0.3) is 0 Å². The highest BCUT2D eigenvalue weighted by Crippen LogP contribution is 2.12. The van der Waals surface area contributed by atoms with Gasteiger partial charge in [-0.2, -0.15) is 0 Å². The van der Waals surface area contributed by atoms with Crippen molar-refractivity contribution in [1.29, 1.82) is 0 Å². The lowest BCUT2D eigenvalue weighted by Gasteiger charge is -2.17. The normalized spacial score (nSPS) is 11.2. The number of benzene rings is 1. The highest BCUT2D eigenvalue weighted by atomic mass is 16.3. The van der Waals surface area contributed by atoms with E-state index in [-0.39, 0.29) is 18.9 Å². The van der Waals surface area contributed by atoms with Gasteiger partial charge in [-0.1, -0.05) is 12.1 Å². The highest BCUT2D eigenvalue weighted by molar-refractivity contribution is 5.91. The van der Waals surface area contributed by atoms with E-state index in [0.717, 1.165) is 5.56 Å². The summed E-state index contributed by atoms with van der Waals surface area (Å²) in [4.78, 5) is 11.6. The van der Waals surface area contributed by atoms with E-state index in [1.54, 1.807) is 38.1 Å². The van der Waals surface area contributed by atoms with E-state index in [9.17, 15) is 4.79 Å². The topological polar surface area (TPSA) is 75.4 Å². The van der Waals surface area contributed by atoms with Gasteiger partial charge >= 0.3 is 0 Å². The Morgan fingerprint density at radius 2 is 2.19 bits per heavy atom. The molecule has 4 nitrogen and oxygen atoms in total. The lowest BCUT2D eigenvalue weighted by molar-refractivity contribution is -0.117. The Morgan fingerprint density at radius 3 is 2.75 bits per heavy atom. The van der Waals surface area contributed by atoms with Crippen LogP contribution in [0.15, 0.2) is 24.3 Å². The summed E-state index contributed by atoms with van der Waals surface area (Å²) in [7, 11) is 0. The summed E-state index contributed by atoms with van der Waals surface area (Å²) in [6.07, 6.45) is 0.260. The third kappa shape index (κ3) is 4.42. The molecule has 0 saturated heterocycles.